The van der Waals surface area contributed by atoms with Crippen LogP contribution in [0.2, 0.25) is 0 Å². The first-order valence-electron chi connectivity index (χ1n) is 6.71. The predicted molar refractivity (Wildman–Crippen MR) is 79.4 cm³/mol. The Bertz CT molecular complexity index is 664. The second-order valence-electron chi connectivity index (χ2n) is 4.74. The van der Waals surface area contributed by atoms with Crippen LogP contribution in [0.15, 0.2) is 42.5 Å². The summed E-state index contributed by atoms with van der Waals surface area (Å²) in [6.07, 6.45) is 0. The van der Waals surface area contributed by atoms with Crippen molar-refractivity contribution in [3.63, 3.8) is 0 Å². The van der Waals surface area contributed by atoms with Crippen molar-refractivity contribution in [1.82, 2.24) is 5.32 Å². The van der Waals surface area contributed by atoms with Crippen LogP contribution in [0.4, 0.5) is 4.39 Å². The summed E-state index contributed by atoms with van der Waals surface area (Å²) in [5.41, 5.74) is 1.56. The van der Waals surface area contributed by atoms with Crippen molar-refractivity contribution >= 4 is 0 Å². The predicted octanol–water partition coefficient (Wildman–Crippen LogP) is 3.56. The number of nitrogens with zero attached hydrogens (tertiary/aromatic N) is 1. The minimum absolute atomic E-state index is 0.00583. The van der Waals surface area contributed by atoms with E-state index in [0.29, 0.717) is 12.1 Å². The number of ether oxygens (including phenoxy) is 1. The Balaban J connectivity index is 2.11. The van der Waals surface area contributed by atoms with E-state index in [-0.39, 0.29) is 11.6 Å². The van der Waals surface area contributed by atoms with Gasteiger partial charge < -0.3 is 10.1 Å². The van der Waals surface area contributed by atoms with E-state index in [2.05, 4.69) is 5.32 Å². The molecule has 0 aliphatic carbocycles. The molecule has 0 aliphatic rings. The first kappa shape index (κ1) is 15.0. The zero-order chi connectivity index (χ0) is 15.2. The fraction of sp³-hybridized carbons (Fsp3) is 0.235. The molecule has 0 aliphatic heterocycles. The number of nitrogens with one attached hydrogen (secondary N) is 1. The van der Waals surface area contributed by atoms with Gasteiger partial charge in [-0.25, -0.2) is 4.39 Å². The summed E-state index contributed by atoms with van der Waals surface area (Å²) >= 11 is 0. The van der Waals surface area contributed by atoms with Crippen molar-refractivity contribution in [1.29, 1.82) is 5.26 Å². The van der Waals surface area contributed by atoms with Crippen LogP contribution in [0.5, 0.6) is 5.75 Å². The monoisotopic (exact) mass is 284 g/mol. The lowest BCUT2D eigenvalue weighted by atomic mass is 10.1. The molecular formula is C17H17FN2O. The lowest BCUT2D eigenvalue weighted by Crippen LogP contribution is -2.19. The van der Waals surface area contributed by atoms with Gasteiger partial charge in [-0.3, -0.25) is 0 Å². The number of para-hydroxylation sites is 1. The molecule has 4 heteroatoms. The maximum absolute atomic E-state index is 14.0. The summed E-state index contributed by atoms with van der Waals surface area (Å²) in [5.74, 6) is 0.337. The van der Waals surface area contributed by atoms with Crippen LogP contribution >= 0.6 is 0 Å². The van der Waals surface area contributed by atoms with E-state index in [9.17, 15) is 4.39 Å². The van der Waals surface area contributed by atoms with E-state index >= 15 is 0 Å². The number of halogens is 1. The zero-order valence-corrected chi connectivity index (χ0v) is 12.1. The quantitative estimate of drug-likeness (QED) is 0.913. The molecule has 0 bridgehead atoms. The van der Waals surface area contributed by atoms with E-state index in [1.807, 2.05) is 37.3 Å². The molecular weight excluding hydrogens is 267 g/mol. The minimum Gasteiger partial charge on any atom is -0.496 e. The third kappa shape index (κ3) is 3.39. The molecule has 21 heavy (non-hydrogen) atoms. The van der Waals surface area contributed by atoms with Gasteiger partial charge >= 0.3 is 0 Å². The fourth-order valence-electron chi connectivity index (χ4n) is 2.20. The number of hydrogen-bond acceptors (Lipinski definition) is 3. The van der Waals surface area contributed by atoms with Gasteiger partial charge in [-0.2, -0.15) is 5.26 Å². The van der Waals surface area contributed by atoms with E-state index in [4.69, 9.17) is 10.00 Å². The summed E-state index contributed by atoms with van der Waals surface area (Å²) in [7, 11) is 1.63. The van der Waals surface area contributed by atoms with E-state index in [1.165, 1.54) is 6.07 Å². The van der Waals surface area contributed by atoms with Crippen molar-refractivity contribution in [2.24, 2.45) is 0 Å². The molecule has 0 unspecified atom stereocenters. The fourth-order valence-corrected chi connectivity index (χ4v) is 2.20. The summed E-state index contributed by atoms with van der Waals surface area (Å²) < 4.78 is 19.3. The smallest absolute Gasteiger partial charge is 0.145 e. The Hall–Kier alpha value is -2.38. The Labute approximate surface area is 124 Å². The molecule has 2 aromatic carbocycles. The van der Waals surface area contributed by atoms with Crippen LogP contribution in [0.1, 0.15) is 29.7 Å². The maximum Gasteiger partial charge on any atom is 0.145 e. The second kappa shape index (κ2) is 6.87. The van der Waals surface area contributed by atoms with Gasteiger partial charge in [0.15, 0.2) is 0 Å². The molecule has 0 saturated heterocycles. The van der Waals surface area contributed by atoms with Gasteiger partial charge in [-0.05, 0) is 19.1 Å². The van der Waals surface area contributed by atoms with Crippen LogP contribution in [-0.2, 0) is 6.54 Å². The largest absolute Gasteiger partial charge is 0.496 e. The highest BCUT2D eigenvalue weighted by atomic mass is 19.1. The Morgan fingerprint density at radius 3 is 2.71 bits per heavy atom. The van der Waals surface area contributed by atoms with Crippen molar-refractivity contribution in [3.8, 4) is 11.8 Å². The number of nitriles is 1. The van der Waals surface area contributed by atoms with Crippen LogP contribution in [0, 0.1) is 17.1 Å². The minimum atomic E-state index is -0.459. The Morgan fingerprint density at radius 2 is 2.00 bits per heavy atom. The molecule has 0 radical (unpaired) electrons. The maximum atomic E-state index is 14.0. The van der Waals surface area contributed by atoms with Crippen molar-refractivity contribution in [3.05, 3.63) is 65.0 Å². The lowest BCUT2D eigenvalue weighted by Gasteiger charge is -2.17. The summed E-state index contributed by atoms with van der Waals surface area (Å²) in [6.45, 7) is 2.34. The molecule has 1 atom stereocenters. The van der Waals surface area contributed by atoms with Gasteiger partial charge in [0, 0.05) is 23.7 Å². The van der Waals surface area contributed by atoms with Crippen LogP contribution < -0.4 is 10.1 Å². The van der Waals surface area contributed by atoms with Gasteiger partial charge in [-0.1, -0.05) is 30.3 Å². The average Bonchev–Trinajstić information content (AvgIpc) is 2.53. The lowest BCUT2D eigenvalue weighted by molar-refractivity contribution is 0.401. The number of rotatable bonds is 5. The molecule has 0 spiro atoms. The normalized spacial score (nSPS) is 11.7. The molecule has 0 saturated carbocycles. The standard InChI is InChI=1S/C17H17FN2O/c1-12(15-8-3-4-9-16(15)21-2)20-11-14-7-5-6-13(10-19)17(14)18/h3-9,12,20H,11H2,1-2H3/t12-/m0/s1. The molecule has 2 rings (SSSR count). The van der Waals surface area contributed by atoms with E-state index < -0.39 is 5.82 Å². The van der Waals surface area contributed by atoms with Crippen LogP contribution in [0.3, 0.4) is 0 Å². The second-order valence-corrected chi connectivity index (χ2v) is 4.74. The highest BCUT2D eigenvalue weighted by molar-refractivity contribution is 5.37. The summed E-state index contributed by atoms with van der Waals surface area (Å²) in [4.78, 5) is 0. The SMILES string of the molecule is COc1ccccc1[C@H](C)NCc1cccc(C#N)c1F. The van der Waals surface area contributed by atoms with Crippen molar-refractivity contribution < 1.29 is 9.13 Å². The molecule has 1 N–H and O–H groups in total. The topological polar surface area (TPSA) is 45.0 Å². The molecule has 0 fully saturated rings. The average molecular weight is 284 g/mol. The number of methoxy groups -OCH3 is 1. The van der Waals surface area contributed by atoms with Gasteiger partial charge in [0.25, 0.3) is 0 Å². The molecule has 3 nitrogen and oxygen atoms in total. The Kier molecular flexibility index (Phi) is 4.91. The highest BCUT2D eigenvalue weighted by Crippen LogP contribution is 2.24. The van der Waals surface area contributed by atoms with Gasteiger partial charge in [-0.15, -0.1) is 0 Å². The third-order valence-corrected chi connectivity index (χ3v) is 3.40. The van der Waals surface area contributed by atoms with Crippen molar-refractivity contribution in [2.75, 3.05) is 7.11 Å². The van der Waals surface area contributed by atoms with Gasteiger partial charge in [0.2, 0.25) is 0 Å². The van der Waals surface area contributed by atoms with Crippen molar-refractivity contribution in [2.45, 2.75) is 19.5 Å². The number of hydrogen-bond donors (Lipinski definition) is 1. The Morgan fingerprint density at radius 1 is 1.24 bits per heavy atom. The zero-order valence-electron chi connectivity index (χ0n) is 12.1. The highest BCUT2D eigenvalue weighted by Gasteiger charge is 2.12. The first-order chi connectivity index (χ1) is 10.2. The molecule has 0 aromatic heterocycles. The third-order valence-electron chi connectivity index (χ3n) is 3.40. The van der Waals surface area contributed by atoms with Crippen LogP contribution in [-0.4, -0.2) is 7.11 Å². The number of benzene rings is 2. The summed E-state index contributed by atoms with van der Waals surface area (Å²) in [6, 6.07) is 14.4. The van der Waals surface area contributed by atoms with E-state index in [0.717, 1.165) is 11.3 Å². The van der Waals surface area contributed by atoms with Gasteiger partial charge in [0.05, 0.1) is 12.7 Å². The van der Waals surface area contributed by atoms with Crippen LogP contribution in [0.25, 0.3) is 0 Å². The van der Waals surface area contributed by atoms with E-state index in [1.54, 1.807) is 19.2 Å². The molecule has 2 aromatic rings. The first-order valence-corrected chi connectivity index (χ1v) is 6.71. The summed E-state index contributed by atoms with van der Waals surface area (Å²) in [5, 5.41) is 12.1. The van der Waals surface area contributed by atoms with Gasteiger partial charge in [0.1, 0.15) is 17.6 Å². The molecule has 0 heterocycles. The molecule has 108 valence electrons. The molecule has 0 amide bonds.